The Hall–Kier alpha value is -0.570. The van der Waals surface area contributed by atoms with Crippen molar-refractivity contribution in [2.75, 3.05) is 20.3 Å². The fourth-order valence-electron chi connectivity index (χ4n) is 2.11. The second kappa shape index (κ2) is 6.02. The first kappa shape index (κ1) is 11.5. The number of methoxy groups -OCH3 is 1. The average molecular weight is 198 g/mol. The van der Waals surface area contributed by atoms with Gasteiger partial charge in [0.2, 0.25) is 0 Å². The molecule has 1 atom stereocenters. The highest BCUT2D eigenvalue weighted by molar-refractivity contribution is 5.80. The quantitative estimate of drug-likeness (QED) is 0.735. The fourth-order valence-corrected chi connectivity index (χ4v) is 2.11. The number of rotatable bonds is 5. The maximum absolute atomic E-state index is 7.90. The van der Waals surface area contributed by atoms with E-state index in [2.05, 4.69) is 11.8 Å². The summed E-state index contributed by atoms with van der Waals surface area (Å²) in [7, 11) is 1.75. The highest BCUT2D eigenvalue weighted by Gasteiger charge is 2.22. The van der Waals surface area contributed by atoms with Crippen LogP contribution in [0.2, 0.25) is 0 Å². The number of likely N-dealkylation sites (tertiary alicyclic amines) is 1. The molecule has 1 N–H and O–H groups in total. The van der Waals surface area contributed by atoms with Gasteiger partial charge >= 0.3 is 0 Å². The molecule has 0 amide bonds. The molecular weight excluding hydrogens is 176 g/mol. The predicted octanol–water partition coefficient (Wildman–Crippen LogP) is 2.26. The topological polar surface area (TPSA) is 36.3 Å². The minimum Gasteiger partial charge on any atom is -0.383 e. The van der Waals surface area contributed by atoms with Crippen LogP contribution in [0, 0.1) is 5.41 Å². The van der Waals surface area contributed by atoms with Crippen LogP contribution in [0.15, 0.2) is 0 Å². The molecule has 1 unspecified atom stereocenters. The smallest absolute Gasteiger partial charge is 0.0960 e. The van der Waals surface area contributed by atoms with E-state index in [0.29, 0.717) is 6.04 Å². The third-order valence-electron chi connectivity index (χ3n) is 2.83. The van der Waals surface area contributed by atoms with Gasteiger partial charge in [0, 0.05) is 20.1 Å². The molecule has 0 aromatic carbocycles. The molecule has 1 heterocycles. The van der Waals surface area contributed by atoms with Crippen LogP contribution in [-0.4, -0.2) is 37.0 Å². The third-order valence-corrected chi connectivity index (χ3v) is 2.83. The summed E-state index contributed by atoms with van der Waals surface area (Å²) in [5.74, 6) is 0.812. The molecule has 0 saturated carbocycles. The summed E-state index contributed by atoms with van der Waals surface area (Å²) in [5, 5.41) is 7.90. The van der Waals surface area contributed by atoms with Crippen LogP contribution in [0.25, 0.3) is 0 Å². The molecule has 3 heteroatoms. The van der Waals surface area contributed by atoms with Crippen LogP contribution in [-0.2, 0) is 4.74 Å². The first-order valence-electron chi connectivity index (χ1n) is 5.62. The normalized spacial score (nSPS) is 19.9. The van der Waals surface area contributed by atoms with Gasteiger partial charge in [0.05, 0.1) is 18.5 Å². The van der Waals surface area contributed by atoms with Gasteiger partial charge in [0.15, 0.2) is 0 Å². The summed E-state index contributed by atoms with van der Waals surface area (Å²) >= 11 is 0. The van der Waals surface area contributed by atoms with Crippen molar-refractivity contribution in [1.29, 1.82) is 5.41 Å². The zero-order valence-electron chi connectivity index (χ0n) is 9.38. The van der Waals surface area contributed by atoms with Gasteiger partial charge in [0.25, 0.3) is 0 Å². The molecule has 0 bridgehead atoms. The average Bonchev–Trinajstić information content (AvgIpc) is 2.18. The van der Waals surface area contributed by atoms with E-state index in [-0.39, 0.29) is 0 Å². The summed E-state index contributed by atoms with van der Waals surface area (Å²) in [6, 6.07) is 0.429. The molecule has 1 rings (SSSR count). The standard InChI is InChI=1S/C11H22N2O/c1-3-6-10(9-14-2)13-8-5-4-7-11(13)12/h10,12H,3-9H2,1-2H3. The number of amidine groups is 1. The Morgan fingerprint density at radius 2 is 2.29 bits per heavy atom. The summed E-state index contributed by atoms with van der Waals surface area (Å²) < 4.78 is 5.22. The fraction of sp³-hybridized carbons (Fsp3) is 0.909. The van der Waals surface area contributed by atoms with Gasteiger partial charge < -0.3 is 9.64 Å². The lowest BCUT2D eigenvalue weighted by Gasteiger charge is -2.36. The van der Waals surface area contributed by atoms with Crippen molar-refractivity contribution >= 4 is 5.84 Å². The van der Waals surface area contributed by atoms with E-state index < -0.39 is 0 Å². The van der Waals surface area contributed by atoms with Gasteiger partial charge in [-0.05, 0) is 19.3 Å². The zero-order valence-corrected chi connectivity index (χ0v) is 9.38. The maximum atomic E-state index is 7.90. The molecule has 82 valence electrons. The van der Waals surface area contributed by atoms with Crippen LogP contribution in [0.3, 0.4) is 0 Å². The third kappa shape index (κ3) is 2.98. The molecule has 0 aliphatic carbocycles. The summed E-state index contributed by atoms with van der Waals surface area (Å²) in [5.41, 5.74) is 0. The molecule has 14 heavy (non-hydrogen) atoms. The van der Waals surface area contributed by atoms with Crippen molar-refractivity contribution in [3.63, 3.8) is 0 Å². The number of hydrogen-bond acceptors (Lipinski definition) is 2. The number of nitrogens with zero attached hydrogens (tertiary/aromatic N) is 1. The molecule has 0 radical (unpaired) electrons. The van der Waals surface area contributed by atoms with Crippen LogP contribution in [0.4, 0.5) is 0 Å². The van der Waals surface area contributed by atoms with Crippen molar-refractivity contribution in [3.8, 4) is 0 Å². The van der Waals surface area contributed by atoms with E-state index in [0.717, 1.165) is 38.2 Å². The summed E-state index contributed by atoms with van der Waals surface area (Å²) in [6.45, 7) is 4.00. The minimum atomic E-state index is 0.429. The molecule has 0 spiro atoms. The lowest BCUT2D eigenvalue weighted by molar-refractivity contribution is 0.116. The maximum Gasteiger partial charge on any atom is 0.0960 e. The van der Waals surface area contributed by atoms with Crippen molar-refractivity contribution in [2.24, 2.45) is 0 Å². The molecule has 1 fully saturated rings. The SMILES string of the molecule is CCCC(COC)N1CCCCC1=N. The predicted molar refractivity (Wildman–Crippen MR) is 58.9 cm³/mol. The van der Waals surface area contributed by atoms with E-state index in [1.807, 2.05) is 0 Å². The second-order valence-electron chi connectivity index (χ2n) is 4.00. The van der Waals surface area contributed by atoms with Crippen LogP contribution < -0.4 is 0 Å². The number of piperidine rings is 1. The second-order valence-corrected chi connectivity index (χ2v) is 4.00. The van der Waals surface area contributed by atoms with Gasteiger partial charge in [0.1, 0.15) is 0 Å². The van der Waals surface area contributed by atoms with Crippen LogP contribution >= 0.6 is 0 Å². The highest BCUT2D eigenvalue weighted by atomic mass is 16.5. The lowest BCUT2D eigenvalue weighted by Crippen LogP contribution is -2.45. The Labute approximate surface area is 86.9 Å². The molecule has 3 nitrogen and oxygen atoms in total. The lowest BCUT2D eigenvalue weighted by atomic mass is 10.0. The van der Waals surface area contributed by atoms with E-state index in [1.54, 1.807) is 7.11 Å². The van der Waals surface area contributed by atoms with Crippen molar-refractivity contribution in [2.45, 2.75) is 45.1 Å². The molecular formula is C11H22N2O. The Morgan fingerprint density at radius 3 is 2.86 bits per heavy atom. The number of hydrogen-bond donors (Lipinski definition) is 1. The largest absolute Gasteiger partial charge is 0.383 e. The zero-order chi connectivity index (χ0) is 10.4. The van der Waals surface area contributed by atoms with Gasteiger partial charge in [-0.3, -0.25) is 5.41 Å². The summed E-state index contributed by atoms with van der Waals surface area (Å²) in [6.07, 6.45) is 5.66. The van der Waals surface area contributed by atoms with Crippen LogP contribution in [0.5, 0.6) is 0 Å². The monoisotopic (exact) mass is 198 g/mol. The van der Waals surface area contributed by atoms with Crippen molar-refractivity contribution in [1.82, 2.24) is 4.90 Å². The number of ether oxygens (including phenoxy) is 1. The molecule has 1 saturated heterocycles. The molecule has 0 aromatic rings. The van der Waals surface area contributed by atoms with E-state index in [4.69, 9.17) is 10.1 Å². The Balaban J connectivity index is 2.50. The minimum absolute atomic E-state index is 0.429. The molecule has 1 aliphatic rings. The Morgan fingerprint density at radius 1 is 1.50 bits per heavy atom. The van der Waals surface area contributed by atoms with Gasteiger partial charge in [-0.2, -0.15) is 0 Å². The van der Waals surface area contributed by atoms with Crippen molar-refractivity contribution < 1.29 is 4.74 Å². The van der Waals surface area contributed by atoms with Gasteiger partial charge in [-0.15, -0.1) is 0 Å². The Bertz CT molecular complexity index is 176. The molecule has 0 aromatic heterocycles. The highest BCUT2D eigenvalue weighted by Crippen LogP contribution is 2.17. The van der Waals surface area contributed by atoms with E-state index in [1.165, 1.54) is 12.8 Å². The molecule has 1 aliphatic heterocycles. The van der Waals surface area contributed by atoms with Gasteiger partial charge in [-0.25, -0.2) is 0 Å². The summed E-state index contributed by atoms with van der Waals surface area (Å²) in [4.78, 5) is 2.23. The van der Waals surface area contributed by atoms with E-state index >= 15 is 0 Å². The Kier molecular flexibility index (Phi) is 4.94. The van der Waals surface area contributed by atoms with E-state index in [9.17, 15) is 0 Å². The van der Waals surface area contributed by atoms with Crippen molar-refractivity contribution in [3.05, 3.63) is 0 Å². The number of nitrogens with one attached hydrogen (secondary N) is 1. The first-order valence-corrected chi connectivity index (χ1v) is 5.62. The first-order chi connectivity index (χ1) is 6.79. The van der Waals surface area contributed by atoms with Gasteiger partial charge in [-0.1, -0.05) is 13.3 Å². The van der Waals surface area contributed by atoms with Crippen LogP contribution in [0.1, 0.15) is 39.0 Å².